The molecule has 0 bridgehead atoms. The first-order valence-electron chi connectivity index (χ1n) is 5.18. The molecule has 0 aliphatic rings. The van der Waals surface area contributed by atoms with E-state index >= 15 is 0 Å². The first-order chi connectivity index (χ1) is 8.60. The number of aromatic nitrogens is 2. The molecular weight excluding hydrogens is 300 g/mol. The van der Waals surface area contributed by atoms with E-state index < -0.39 is 0 Å². The molecule has 2 heterocycles. The lowest BCUT2D eigenvalue weighted by Crippen LogP contribution is -2.15. The second-order valence-electron chi connectivity index (χ2n) is 3.58. The molecule has 7 heteroatoms. The summed E-state index contributed by atoms with van der Waals surface area (Å²) in [6.45, 7) is 1.75. The van der Waals surface area contributed by atoms with Crippen molar-refractivity contribution in [1.82, 2.24) is 10.1 Å². The molecule has 1 amide bonds. The minimum atomic E-state index is -0.304. The summed E-state index contributed by atoms with van der Waals surface area (Å²) in [6.07, 6.45) is 1.61. The van der Waals surface area contributed by atoms with Crippen molar-refractivity contribution in [2.45, 2.75) is 6.92 Å². The van der Waals surface area contributed by atoms with E-state index in [9.17, 15) is 4.79 Å². The van der Waals surface area contributed by atoms with Crippen LogP contribution in [0.5, 0.6) is 0 Å². The first-order valence-corrected chi connectivity index (χ1v) is 5.97. The molecule has 0 atom stereocenters. The molecule has 2 aromatic rings. The van der Waals surface area contributed by atoms with Crippen LogP contribution in [0.15, 0.2) is 27.3 Å². The number of rotatable bonds is 3. The number of nitrogens with zero attached hydrogens (tertiary/aromatic N) is 2. The SMILES string of the molecule is CNc1ncc(Br)cc1C(=O)Nc1cc(C)on1. The van der Waals surface area contributed by atoms with Gasteiger partial charge in [-0.2, -0.15) is 0 Å². The molecule has 2 rings (SSSR count). The molecule has 0 aliphatic carbocycles. The fraction of sp³-hybridized carbons (Fsp3) is 0.182. The molecule has 2 N–H and O–H groups in total. The molecule has 0 saturated heterocycles. The summed E-state index contributed by atoms with van der Waals surface area (Å²) in [7, 11) is 1.70. The number of hydrogen-bond donors (Lipinski definition) is 2. The quantitative estimate of drug-likeness (QED) is 0.910. The fourth-order valence-electron chi connectivity index (χ4n) is 1.42. The molecule has 18 heavy (non-hydrogen) atoms. The highest BCUT2D eigenvalue weighted by molar-refractivity contribution is 9.10. The largest absolute Gasteiger partial charge is 0.372 e. The number of hydrogen-bond acceptors (Lipinski definition) is 5. The lowest BCUT2D eigenvalue weighted by molar-refractivity contribution is 0.102. The van der Waals surface area contributed by atoms with Gasteiger partial charge in [-0.15, -0.1) is 0 Å². The lowest BCUT2D eigenvalue weighted by atomic mass is 10.2. The summed E-state index contributed by atoms with van der Waals surface area (Å²) in [4.78, 5) is 16.2. The van der Waals surface area contributed by atoms with Crippen molar-refractivity contribution >= 4 is 33.5 Å². The molecular formula is C11H11BrN4O2. The fourth-order valence-corrected chi connectivity index (χ4v) is 1.75. The molecule has 0 unspecified atom stereocenters. The maximum Gasteiger partial charge on any atom is 0.260 e. The van der Waals surface area contributed by atoms with Crippen LogP contribution >= 0.6 is 15.9 Å². The van der Waals surface area contributed by atoms with Gasteiger partial charge in [-0.3, -0.25) is 4.79 Å². The molecule has 2 aromatic heterocycles. The summed E-state index contributed by atoms with van der Waals surface area (Å²) in [5, 5.41) is 9.19. The first kappa shape index (κ1) is 12.6. The van der Waals surface area contributed by atoms with Gasteiger partial charge < -0.3 is 15.2 Å². The van der Waals surface area contributed by atoms with Gasteiger partial charge in [0.05, 0.1) is 5.56 Å². The molecule has 0 spiro atoms. The van der Waals surface area contributed by atoms with Crippen LogP contribution in [0.4, 0.5) is 11.6 Å². The number of aryl methyl sites for hydroxylation is 1. The summed E-state index contributed by atoms with van der Waals surface area (Å²) in [5.41, 5.74) is 0.424. The molecule has 0 radical (unpaired) electrons. The normalized spacial score (nSPS) is 10.2. The molecule has 94 valence electrons. The summed E-state index contributed by atoms with van der Waals surface area (Å²) < 4.78 is 5.60. The average Bonchev–Trinajstić information content (AvgIpc) is 2.74. The highest BCUT2D eigenvalue weighted by Gasteiger charge is 2.14. The Morgan fingerprint density at radius 1 is 1.44 bits per heavy atom. The Morgan fingerprint density at radius 3 is 2.83 bits per heavy atom. The number of carbonyl (C=O) groups is 1. The van der Waals surface area contributed by atoms with Gasteiger partial charge in [0.1, 0.15) is 11.6 Å². The predicted molar refractivity (Wildman–Crippen MR) is 70.7 cm³/mol. The van der Waals surface area contributed by atoms with Crippen molar-refractivity contribution in [3.05, 3.63) is 34.1 Å². The van der Waals surface area contributed by atoms with Gasteiger partial charge in [-0.1, -0.05) is 5.16 Å². The Kier molecular flexibility index (Phi) is 3.61. The van der Waals surface area contributed by atoms with Crippen LogP contribution in [0, 0.1) is 6.92 Å². The van der Waals surface area contributed by atoms with Crippen LogP contribution in [0.3, 0.4) is 0 Å². The van der Waals surface area contributed by atoms with Crippen LogP contribution < -0.4 is 10.6 Å². The molecule has 0 fully saturated rings. The minimum Gasteiger partial charge on any atom is -0.372 e. The van der Waals surface area contributed by atoms with Crippen molar-refractivity contribution < 1.29 is 9.32 Å². The lowest BCUT2D eigenvalue weighted by Gasteiger charge is -2.07. The second-order valence-corrected chi connectivity index (χ2v) is 4.49. The van der Waals surface area contributed by atoms with Gasteiger partial charge in [0.25, 0.3) is 5.91 Å². The monoisotopic (exact) mass is 310 g/mol. The van der Waals surface area contributed by atoms with Crippen molar-refractivity contribution in [3.8, 4) is 0 Å². The van der Waals surface area contributed by atoms with Crippen LogP contribution in [0.1, 0.15) is 16.1 Å². The third-order valence-corrected chi connectivity index (χ3v) is 2.64. The third-order valence-electron chi connectivity index (χ3n) is 2.21. The highest BCUT2D eigenvalue weighted by Crippen LogP contribution is 2.19. The summed E-state index contributed by atoms with van der Waals surface area (Å²) >= 11 is 3.28. The van der Waals surface area contributed by atoms with Crippen molar-refractivity contribution in [2.24, 2.45) is 0 Å². The second kappa shape index (κ2) is 5.18. The molecule has 0 aliphatic heterocycles. The maximum atomic E-state index is 12.1. The zero-order chi connectivity index (χ0) is 13.1. The van der Waals surface area contributed by atoms with E-state index in [0.29, 0.717) is 23.0 Å². The van der Waals surface area contributed by atoms with E-state index in [1.807, 2.05) is 0 Å². The van der Waals surface area contributed by atoms with Crippen molar-refractivity contribution in [1.29, 1.82) is 0 Å². The number of carbonyl (C=O) groups excluding carboxylic acids is 1. The van der Waals surface area contributed by atoms with Crippen LogP contribution in [0.2, 0.25) is 0 Å². The number of anilines is 2. The van der Waals surface area contributed by atoms with E-state index in [-0.39, 0.29) is 5.91 Å². The van der Waals surface area contributed by atoms with Crippen LogP contribution in [-0.4, -0.2) is 23.1 Å². The summed E-state index contributed by atoms with van der Waals surface area (Å²) in [5.74, 6) is 1.20. The number of halogens is 1. The van der Waals surface area contributed by atoms with Gasteiger partial charge in [0.15, 0.2) is 5.82 Å². The van der Waals surface area contributed by atoms with Crippen molar-refractivity contribution in [3.63, 3.8) is 0 Å². The number of nitrogens with one attached hydrogen (secondary N) is 2. The van der Waals surface area contributed by atoms with Gasteiger partial charge >= 0.3 is 0 Å². The van der Waals surface area contributed by atoms with E-state index in [2.05, 4.69) is 36.7 Å². The summed E-state index contributed by atoms with van der Waals surface area (Å²) in [6, 6.07) is 3.32. The third kappa shape index (κ3) is 2.67. The highest BCUT2D eigenvalue weighted by atomic mass is 79.9. The predicted octanol–water partition coefficient (Wildman–Crippen LogP) is 2.43. The zero-order valence-electron chi connectivity index (χ0n) is 9.82. The Hall–Kier alpha value is -1.89. The topological polar surface area (TPSA) is 80.0 Å². The van der Waals surface area contributed by atoms with Crippen LogP contribution in [0.25, 0.3) is 0 Å². The van der Waals surface area contributed by atoms with Gasteiger partial charge in [0.2, 0.25) is 0 Å². The Bertz CT molecular complexity index is 582. The van der Waals surface area contributed by atoms with E-state index in [0.717, 1.165) is 4.47 Å². The Labute approximate surface area is 112 Å². The van der Waals surface area contributed by atoms with E-state index in [4.69, 9.17) is 4.52 Å². The van der Waals surface area contributed by atoms with Gasteiger partial charge in [-0.05, 0) is 28.9 Å². The smallest absolute Gasteiger partial charge is 0.260 e. The number of amides is 1. The number of pyridine rings is 1. The van der Waals surface area contributed by atoms with Gasteiger partial charge in [0, 0.05) is 23.8 Å². The van der Waals surface area contributed by atoms with Crippen LogP contribution in [-0.2, 0) is 0 Å². The Morgan fingerprint density at radius 2 is 2.22 bits per heavy atom. The zero-order valence-corrected chi connectivity index (χ0v) is 11.4. The molecule has 0 saturated carbocycles. The van der Waals surface area contributed by atoms with E-state index in [1.54, 1.807) is 32.3 Å². The standard InChI is InChI=1S/C11H11BrN4O2/c1-6-3-9(16-18-6)15-11(17)8-4-7(12)5-14-10(8)13-2/h3-5H,1-2H3,(H,13,14)(H,15,16,17). The Balaban J connectivity index is 2.25. The molecule has 6 nitrogen and oxygen atoms in total. The maximum absolute atomic E-state index is 12.1. The molecule has 0 aromatic carbocycles. The van der Waals surface area contributed by atoms with E-state index in [1.165, 1.54) is 0 Å². The average molecular weight is 311 g/mol. The minimum absolute atomic E-state index is 0.304. The van der Waals surface area contributed by atoms with Gasteiger partial charge in [-0.25, -0.2) is 4.98 Å². The van der Waals surface area contributed by atoms with Crippen molar-refractivity contribution in [2.75, 3.05) is 17.7 Å².